The number of rotatable bonds is 8. The van der Waals surface area contributed by atoms with Crippen LogP contribution in [0.1, 0.15) is 44.0 Å². The highest BCUT2D eigenvalue weighted by Gasteiger charge is 2.53. The zero-order valence-corrected chi connectivity index (χ0v) is 20.4. The number of nitrogens with one attached hydrogen (secondary N) is 2. The fraction of sp³-hybridized carbons (Fsp3) is 0.400. The van der Waals surface area contributed by atoms with Crippen molar-refractivity contribution in [3.05, 3.63) is 48.0 Å². The van der Waals surface area contributed by atoms with E-state index in [2.05, 4.69) is 10.6 Å². The van der Waals surface area contributed by atoms with Gasteiger partial charge in [-0.25, -0.2) is 0 Å². The second-order valence-corrected chi connectivity index (χ2v) is 9.79. The summed E-state index contributed by atoms with van der Waals surface area (Å²) in [7, 11) is 0. The van der Waals surface area contributed by atoms with E-state index in [1.54, 1.807) is 53.1 Å². The number of hydrogen-bond acceptors (Lipinski definition) is 6. The molecule has 0 aliphatic carbocycles. The molecule has 2 fully saturated rings. The Labute approximate surface area is 203 Å². The van der Waals surface area contributed by atoms with Crippen molar-refractivity contribution in [1.29, 1.82) is 0 Å². The summed E-state index contributed by atoms with van der Waals surface area (Å²) in [5, 5.41) is 5.81. The van der Waals surface area contributed by atoms with E-state index in [0.29, 0.717) is 53.8 Å². The van der Waals surface area contributed by atoms with Crippen LogP contribution < -0.4 is 20.1 Å². The van der Waals surface area contributed by atoms with E-state index < -0.39 is 6.04 Å². The Hall–Kier alpha value is -3.20. The van der Waals surface area contributed by atoms with Crippen molar-refractivity contribution in [2.75, 3.05) is 29.6 Å². The molecule has 2 aromatic carbocycles. The molecule has 2 unspecified atom stereocenters. The molecule has 34 heavy (non-hydrogen) atoms. The smallest absolute Gasteiger partial charge is 0.255 e. The average Bonchev–Trinajstić information content (AvgIpc) is 3.32. The van der Waals surface area contributed by atoms with E-state index in [9.17, 15) is 14.4 Å². The minimum absolute atomic E-state index is 0.00617. The Balaban J connectivity index is 1.60. The molecule has 2 aliphatic rings. The van der Waals surface area contributed by atoms with Crippen molar-refractivity contribution < 1.29 is 23.9 Å². The van der Waals surface area contributed by atoms with Gasteiger partial charge in [0, 0.05) is 29.9 Å². The Bertz CT molecular complexity index is 1090. The Morgan fingerprint density at radius 1 is 1.06 bits per heavy atom. The van der Waals surface area contributed by atoms with Crippen molar-refractivity contribution in [2.45, 2.75) is 44.5 Å². The molecule has 180 valence electrons. The maximum absolute atomic E-state index is 13.2. The van der Waals surface area contributed by atoms with E-state index in [1.807, 2.05) is 26.8 Å². The highest BCUT2D eigenvalue weighted by Crippen LogP contribution is 2.47. The van der Waals surface area contributed by atoms with Gasteiger partial charge in [-0.2, -0.15) is 0 Å². The molecule has 2 N–H and O–H groups in total. The van der Waals surface area contributed by atoms with Crippen molar-refractivity contribution in [3.63, 3.8) is 0 Å². The van der Waals surface area contributed by atoms with Crippen LogP contribution >= 0.6 is 11.8 Å². The molecular weight excluding hydrogens is 454 g/mol. The predicted molar refractivity (Wildman–Crippen MR) is 133 cm³/mol. The first kappa shape index (κ1) is 23.9. The largest absolute Gasteiger partial charge is 0.492 e. The minimum Gasteiger partial charge on any atom is -0.492 e. The lowest BCUT2D eigenvalue weighted by atomic mass is 10.1. The summed E-state index contributed by atoms with van der Waals surface area (Å²) < 4.78 is 11.5. The van der Waals surface area contributed by atoms with Gasteiger partial charge in [0.2, 0.25) is 11.8 Å². The van der Waals surface area contributed by atoms with Crippen molar-refractivity contribution in [1.82, 2.24) is 4.90 Å². The van der Waals surface area contributed by atoms with Crippen LogP contribution in [0.2, 0.25) is 0 Å². The molecule has 2 aromatic rings. The predicted octanol–water partition coefficient (Wildman–Crippen LogP) is 4.13. The second kappa shape index (κ2) is 9.97. The molecule has 9 heteroatoms. The van der Waals surface area contributed by atoms with Crippen LogP contribution in [0.3, 0.4) is 0 Å². The fourth-order valence-corrected chi connectivity index (χ4v) is 5.75. The van der Waals surface area contributed by atoms with Gasteiger partial charge in [0.05, 0.1) is 29.5 Å². The number of thioether (sulfide) groups is 1. The minimum atomic E-state index is -0.549. The SMILES string of the molecule is CCOc1cc(NC(=O)C2CSC3(C)CCC(=O)N23)c(OCC)cc1NC(=O)c1ccccc1. The van der Waals surface area contributed by atoms with E-state index in [4.69, 9.17) is 9.47 Å². The fourth-order valence-electron chi connectivity index (χ4n) is 4.32. The number of anilines is 2. The third-order valence-corrected chi connectivity index (χ3v) is 7.48. The zero-order chi connectivity index (χ0) is 24.3. The molecule has 2 saturated heterocycles. The molecule has 0 saturated carbocycles. The van der Waals surface area contributed by atoms with Gasteiger partial charge in [-0.1, -0.05) is 18.2 Å². The third-order valence-electron chi connectivity index (χ3n) is 5.97. The van der Waals surface area contributed by atoms with Crippen LogP contribution in [0, 0.1) is 0 Å². The van der Waals surface area contributed by atoms with E-state index in [1.165, 1.54) is 0 Å². The average molecular weight is 484 g/mol. The molecule has 2 heterocycles. The zero-order valence-electron chi connectivity index (χ0n) is 19.6. The summed E-state index contributed by atoms with van der Waals surface area (Å²) in [6.45, 7) is 6.43. The maximum Gasteiger partial charge on any atom is 0.255 e. The first-order valence-corrected chi connectivity index (χ1v) is 12.4. The quantitative estimate of drug-likeness (QED) is 0.586. The van der Waals surface area contributed by atoms with Gasteiger partial charge in [-0.3, -0.25) is 14.4 Å². The van der Waals surface area contributed by atoms with E-state index in [0.717, 1.165) is 6.42 Å². The van der Waals surface area contributed by atoms with Crippen LogP contribution in [0.15, 0.2) is 42.5 Å². The lowest BCUT2D eigenvalue weighted by molar-refractivity contribution is -0.135. The Kier molecular flexibility index (Phi) is 7.02. The van der Waals surface area contributed by atoms with Crippen LogP contribution in [-0.2, 0) is 9.59 Å². The lowest BCUT2D eigenvalue weighted by Crippen LogP contribution is -2.48. The van der Waals surface area contributed by atoms with Crippen molar-refractivity contribution >= 4 is 40.9 Å². The standard InChI is InChI=1S/C25H29N3O5S/c1-4-32-20-14-18(27-24(31)19-15-34-25(3)12-11-22(29)28(19)25)21(33-5-2)13-17(20)26-23(30)16-9-7-6-8-10-16/h6-10,13-14,19H,4-5,11-12,15H2,1-3H3,(H,26,30)(H,27,31). The topological polar surface area (TPSA) is 97.0 Å². The van der Waals surface area contributed by atoms with Gasteiger partial charge in [0.15, 0.2) is 0 Å². The molecule has 4 rings (SSSR count). The van der Waals surface area contributed by atoms with Gasteiger partial charge in [-0.05, 0) is 39.3 Å². The highest BCUT2D eigenvalue weighted by atomic mass is 32.2. The number of ether oxygens (including phenoxy) is 2. The monoisotopic (exact) mass is 483 g/mol. The molecule has 2 aliphatic heterocycles. The number of hydrogen-bond donors (Lipinski definition) is 2. The van der Waals surface area contributed by atoms with Crippen molar-refractivity contribution in [2.24, 2.45) is 0 Å². The van der Waals surface area contributed by atoms with Crippen LogP contribution in [-0.4, -0.2) is 52.5 Å². The van der Waals surface area contributed by atoms with Crippen molar-refractivity contribution in [3.8, 4) is 11.5 Å². The van der Waals surface area contributed by atoms with Gasteiger partial charge < -0.3 is 25.0 Å². The van der Waals surface area contributed by atoms with Gasteiger partial charge in [0.1, 0.15) is 17.5 Å². The van der Waals surface area contributed by atoms with E-state index >= 15 is 0 Å². The van der Waals surface area contributed by atoms with Crippen LogP contribution in [0.4, 0.5) is 11.4 Å². The number of fused-ring (bicyclic) bond motifs is 1. The summed E-state index contributed by atoms with van der Waals surface area (Å²) in [5.41, 5.74) is 1.38. The molecule has 2 atom stereocenters. The maximum atomic E-state index is 13.2. The summed E-state index contributed by atoms with van der Waals surface area (Å²) in [6.07, 6.45) is 1.20. The summed E-state index contributed by atoms with van der Waals surface area (Å²) in [5.74, 6) is 0.817. The molecular formula is C25H29N3O5S. The molecule has 0 radical (unpaired) electrons. The molecule has 0 aromatic heterocycles. The number of carbonyl (C=O) groups excluding carboxylic acids is 3. The van der Waals surface area contributed by atoms with Crippen LogP contribution in [0.25, 0.3) is 0 Å². The summed E-state index contributed by atoms with van der Waals surface area (Å²) in [6, 6.07) is 11.6. The van der Waals surface area contributed by atoms with Gasteiger partial charge in [-0.15, -0.1) is 11.8 Å². The third kappa shape index (κ3) is 4.70. The number of amides is 3. The van der Waals surface area contributed by atoms with E-state index in [-0.39, 0.29) is 22.6 Å². The molecule has 0 bridgehead atoms. The lowest BCUT2D eigenvalue weighted by Gasteiger charge is -2.30. The van der Waals surface area contributed by atoms with Gasteiger partial charge in [0.25, 0.3) is 5.91 Å². The van der Waals surface area contributed by atoms with Crippen LogP contribution in [0.5, 0.6) is 11.5 Å². The number of benzene rings is 2. The number of nitrogens with zero attached hydrogens (tertiary/aromatic N) is 1. The Morgan fingerprint density at radius 2 is 1.68 bits per heavy atom. The highest BCUT2D eigenvalue weighted by molar-refractivity contribution is 8.01. The second-order valence-electron chi connectivity index (χ2n) is 8.29. The van der Waals surface area contributed by atoms with Gasteiger partial charge >= 0.3 is 0 Å². The number of carbonyl (C=O) groups is 3. The molecule has 0 spiro atoms. The normalized spacial score (nSPS) is 21.2. The first-order chi connectivity index (χ1) is 16.4. The molecule has 8 nitrogen and oxygen atoms in total. The summed E-state index contributed by atoms with van der Waals surface area (Å²) >= 11 is 1.64. The Morgan fingerprint density at radius 3 is 2.29 bits per heavy atom. The summed E-state index contributed by atoms with van der Waals surface area (Å²) in [4.78, 5) is 39.8. The first-order valence-electron chi connectivity index (χ1n) is 11.4. The molecule has 3 amide bonds.